The highest BCUT2D eigenvalue weighted by molar-refractivity contribution is 5.87. The van der Waals surface area contributed by atoms with Crippen molar-refractivity contribution in [1.82, 2.24) is 0 Å². The molecule has 17 heavy (non-hydrogen) atoms. The zero-order valence-electron chi connectivity index (χ0n) is 9.75. The van der Waals surface area contributed by atoms with Crippen LogP contribution < -0.4 is 10.1 Å². The van der Waals surface area contributed by atoms with Crippen molar-refractivity contribution >= 4 is 11.8 Å². The van der Waals surface area contributed by atoms with Gasteiger partial charge in [-0.25, -0.2) is 4.79 Å². The smallest absolute Gasteiger partial charge is 0.409 e. The Morgan fingerprint density at radius 3 is 3.12 bits per heavy atom. The van der Waals surface area contributed by atoms with E-state index in [-0.39, 0.29) is 5.92 Å². The van der Waals surface area contributed by atoms with Gasteiger partial charge in [-0.3, -0.25) is 5.32 Å². The number of rotatable bonds is 1. The van der Waals surface area contributed by atoms with Gasteiger partial charge in [-0.15, -0.1) is 0 Å². The van der Waals surface area contributed by atoms with Crippen LogP contribution in [0.4, 0.5) is 10.5 Å². The monoisotopic (exact) mass is 233 g/mol. The molecule has 0 spiro atoms. The number of aryl methyl sites for hydroxylation is 1. The van der Waals surface area contributed by atoms with E-state index in [1.54, 1.807) is 0 Å². The summed E-state index contributed by atoms with van der Waals surface area (Å²) in [6.45, 7) is 2.72. The Bertz CT molecular complexity index is 496. The number of amides is 1. The van der Waals surface area contributed by atoms with Crippen LogP contribution in [0, 0.1) is 0 Å². The van der Waals surface area contributed by atoms with Crippen molar-refractivity contribution in [3.05, 3.63) is 22.8 Å². The molecule has 0 aromatic heterocycles. The third-order valence-electron chi connectivity index (χ3n) is 3.62. The molecule has 1 atom stereocenters. The van der Waals surface area contributed by atoms with E-state index in [9.17, 15) is 4.79 Å². The van der Waals surface area contributed by atoms with Crippen LogP contribution in [0.3, 0.4) is 0 Å². The summed E-state index contributed by atoms with van der Waals surface area (Å²) in [5.74, 6) is 1.12. The third-order valence-corrected chi connectivity index (χ3v) is 3.62. The first kappa shape index (κ1) is 10.4. The van der Waals surface area contributed by atoms with Crippen molar-refractivity contribution in [3.63, 3.8) is 0 Å². The summed E-state index contributed by atoms with van der Waals surface area (Å²) in [6, 6.07) is 2.09. The minimum atomic E-state index is -0.994. The number of hydrogen-bond acceptors (Lipinski definition) is 2. The fourth-order valence-electron chi connectivity index (χ4n) is 2.89. The predicted molar refractivity (Wildman–Crippen MR) is 64.0 cm³/mol. The van der Waals surface area contributed by atoms with Crippen LogP contribution >= 0.6 is 0 Å². The lowest BCUT2D eigenvalue weighted by Crippen LogP contribution is -2.12. The molecule has 1 aromatic rings. The Hall–Kier alpha value is -1.71. The number of fused-ring (bicyclic) bond motifs is 2. The normalized spacial score (nSPS) is 20.6. The van der Waals surface area contributed by atoms with Gasteiger partial charge in [0, 0.05) is 11.5 Å². The van der Waals surface area contributed by atoms with Crippen molar-refractivity contribution in [3.8, 4) is 5.75 Å². The highest BCUT2D eigenvalue weighted by atomic mass is 16.5. The molecule has 90 valence electrons. The zero-order chi connectivity index (χ0) is 12.0. The first-order chi connectivity index (χ1) is 8.16. The second kappa shape index (κ2) is 3.65. The summed E-state index contributed by atoms with van der Waals surface area (Å²) in [6.07, 6.45) is 2.09. The van der Waals surface area contributed by atoms with E-state index in [4.69, 9.17) is 9.84 Å². The average Bonchev–Trinajstić information content (AvgIpc) is 2.85. The quantitative estimate of drug-likeness (QED) is 0.784. The van der Waals surface area contributed by atoms with E-state index in [0.717, 1.165) is 36.3 Å². The molecule has 0 saturated heterocycles. The van der Waals surface area contributed by atoms with E-state index in [2.05, 4.69) is 18.3 Å². The number of carbonyl (C=O) groups is 1. The largest absolute Gasteiger partial charge is 0.493 e. The van der Waals surface area contributed by atoms with Crippen LogP contribution in [0.15, 0.2) is 6.07 Å². The molecule has 1 heterocycles. The minimum absolute atomic E-state index is 0.262. The van der Waals surface area contributed by atoms with E-state index >= 15 is 0 Å². The van der Waals surface area contributed by atoms with Gasteiger partial charge >= 0.3 is 6.09 Å². The molecule has 0 saturated carbocycles. The number of hydrogen-bond donors (Lipinski definition) is 2. The molecular weight excluding hydrogens is 218 g/mol. The van der Waals surface area contributed by atoms with E-state index < -0.39 is 6.09 Å². The van der Waals surface area contributed by atoms with Crippen molar-refractivity contribution in [2.24, 2.45) is 0 Å². The molecule has 1 aliphatic heterocycles. The van der Waals surface area contributed by atoms with Gasteiger partial charge < -0.3 is 9.84 Å². The summed E-state index contributed by atoms with van der Waals surface area (Å²) >= 11 is 0. The summed E-state index contributed by atoms with van der Waals surface area (Å²) in [7, 11) is 0. The lowest BCUT2D eigenvalue weighted by molar-refractivity contribution is 0.209. The van der Waals surface area contributed by atoms with Crippen LogP contribution in [0.2, 0.25) is 0 Å². The second-order valence-electron chi connectivity index (χ2n) is 4.80. The molecule has 1 unspecified atom stereocenters. The Kier molecular flexibility index (Phi) is 2.24. The maximum atomic E-state index is 10.9. The Morgan fingerprint density at radius 1 is 1.53 bits per heavy atom. The maximum Gasteiger partial charge on any atom is 0.409 e. The van der Waals surface area contributed by atoms with Gasteiger partial charge in [-0.1, -0.05) is 6.92 Å². The van der Waals surface area contributed by atoms with Gasteiger partial charge in [0.05, 0.1) is 12.3 Å². The lowest BCUT2D eigenvalue weighted by atomic mass is 9.95. The van der Waals surface area contributed by atoms with Crippen LogP contribution in [-0.2, 0) is 12.8 Å². The SMILES string of the molecule is CC1COc2cc3c(c(NC(=O)O)c21)CCC3. The summed E-state index contributed by atoms with van der Waals surface area (Å²) < 4.78 is 5.63. The van der Waals surface area contributed by atoms with Gasteiger partial charge in [0.2, 0.25) is 0 Å². The third kappa shape index (κ3) is 1.55. The molecule has 3 rings (SSSR count). The first-order valence-corrected chi connectivity index (χ1v) is 5.98. The molecule has 0 fully saturated rings. The molecule has 4 heteroatoms. The standard InChI is InChI=1S/C13H15NO3/c1-7-6-17-10-5-8-3-2-4-9(8)12(11(7)10)14-13(15)16/h5,7,14H,2-4,6H2,1H3,(H,15,16). The van der Waals surface area contributed by atoms with E-state index in [0.29, 0.717) is 6.61 Å². The molecular formula is C13H15NO3. The summed E-state index contributed by atoms with van der Waals surface area (Å²) in [5.41, 5.74) is 4.23. The number of carboxylic acid groups (broad SMARTS) is 1. The van der Waals surface area contributed by atoms with Crippen LogP contribution in [0.1, 0.15) is 36.0 Å². The first-order valence-electron chi connectivity index (χ1n) is 5.98. The Labute approximate surface area is 99.6 Å². The fraction of sp³-hybridized carbons (Fsp3) is 0.462. The molecule has 1 aromatic carbocycles. The fourth-order valence-corrected chi connectivity index (χ4v) is 2.89. The highest BCUT2D eigenvalue weighted by Crippen LogP contribution is 2.45. The van der Waals surface area contributed by atoms with Crippen LogP contribution in [0.5, 0.6) is 5.75 Å². The minimum Gasteiger partial charge on any atom is -0.493 e. The van der Waals surface area contributed by atoms with Crippen molar-refractivity contribution in [1.29, 1.82) is 0 Å². The average molecular weight is 233 g/mol. The molecule has 4 nitrogen and oxygen atoms in total. The van der Waals surface area contributed by atoms with E-state index in [1.807, 2.05) is 0 Å². The van der Waals surface area contributed by atoms with Gasteiger partial charge in [-0.2, -0.15) is 0 Å². The van der Waals surface area contributed by atoms with Crippen molar-refractivity contribution in [2.75, 3.05) is 11.9 Å². The van der Waals surface area contributed by atoms with E-state index in [1.165, 1.54) is 11.1 Å². The number of benzene rings is 1. The Balaban J connectivity index is 2.18. The molecule has 1 amide bonds. The Morgan fingerprint density at radius 2 is 2.35 bits per heavy atom. The van der Waals surface area contributed by atoms with Gasteiger partial charge in [0.1, 0.15) is 5.75 Å². The number of ether oxygens (including phenoxy) is 1. The maximum absolute atomic E-state index is 10.9. The molecule has 0 radical (unpaired) electrons. The zero-order valence-corrected chi connectivity index (χ0v) is 9.75. The topological polar surface area (TPSA) is 58.6 Å². The molecule has 2 N–H and O–H groups in total. The van der Waals surface area contributed by atoms with Gasteiger partial charge in [0.25, 0.3) is 0 Å². The number of anilines is 1. The summed E-state index contributed by atoms with van der Waals surface area (Å²) in [4.78, 5) is 10.9. The summed E-state index contributed by atoms with van der Waals surface area (Å²) in [5, 5.41) is 11.5. The highest BCUT2D eigenvalue weighted by Gasteiger charge is 2.30. The molecule has 0 bridgehead atoms. The van der Waals surface area contributed by atoms with Crippen molar-refractivity contribution < 1.29 is 14.6 Å². The molecule has 2 aliphatic rings. The van der Waals surface area contributed by atoms with Gasteiger partial charge in [-0.05, 0) is 36.5 Å². The van der Waals surface area contributed by atoms with Crippen LogP contribution in [-0.4, -0.2) is 17.8 Å². The van der Waals surface area contributed by atoms with Gasteiger partial charge in [0.15, 0.2) is 0 Å². The van der Waals surface area contributed by atoms with Crippen LogP contribution in [0.25, 0.3) is 0 Å². The lowest BCUT2D eigenvalue weighted by Gasteiger charge is -2.14. The second-order valence-corrected chi connectivity index (χ2v) is 4.80. The van der Waals surface area contributed by atoms with Crippen molar-refractivity contribution in [2.45, 2.75) is 32.1 Å². The molecule has 1 aliphatic carbocycles. The number of nitrogens with one attached hydrogen (secondary N) is 1. The predicted octanol–water partition coefficient (Wildman–Crippen LogP) is 2.76.